The fourth-order valence-electron chi connectivity index (χ4n) is 0.204. The molecule has 0 bridgehead atoms. The van der Waals surface area contributed by atoms with Crippen LogP contribution in [0.15, 0.2) is 0 Å². The van der Waals surface area contributed by atoms with Crippen LogP contribution in [0.2, 0.25) is 0 Å². The maximum atomic E-state index is 9.06. The molecule has 0 aromatic carbocycles. The van der Waals surface area contributed by atoms with Crippen LogP contribution in [0.4, 0.5) is 28.8 Å². The first-order valence-electron chi connectivity index (χ1n) is 3.67. The number of hydrogen-bond donors (Lipinski definition) is 0. The Kier molecular flexibility index (Phi) is 30.4. The third kappa shape index (κ3) is 62.8. The summed E-state index contributed by atoms with van der Waals surface area (Å²) in [7, 11) is 0. The van der Waals surface area contributed by atoms with Crippen molar-refractivity contribution < 1.29 is 154 Å². The van der Waals surface area contributed by atoms with Gasteiger partial charge in [0.15, 0.2) is 0 Å². The summed E-state index contributed by atoms with van der Waals surface area (Å²) in [5.74, 6) is 0. The smallest absolute Gasteiger partial charge is 0.483 e. The second-order valence-electron chi connectivity index (χ2n) is 1.81. The van der Waals surface area contributed by atoms with Gasteiger partial charge in [0.25, 0.3) is 36.9 Å². The van der Waals surface area contributed by atoms with Crippen molar-refractivity contribution in [3.8, 4) is 0 Å². The molecule has 126 valence electrons. The summed E-state index contributed by atoms with van der Waals surface area (Å²) in [6, 6.07) is 0. The van der Waals surface area contributed by atoms with E-state index in [1.807, 2.05) is 0 Å². The molecule has 0 aromatic rings. The zero-order valence-electron chi connectivity index (χ0n) is 9.94. The van der Waals surface area contributed by atoms with Gasteiger partial charge in [-0.2, -0.15) is 0 Å². The Morgan fingerprint density at radius 1 is 0.391 bits per heavy atom. The van der Waals surface area contributed by atoms with Crippen molar-refractivity contribution in [2.75, 3.05) is 0 Å². The van der Waals surface area contributed by atoms with Gasteiger partial charge < -0.3 is 73.6 Å². The maximum Gasteiger partial charge on any atom is 3.00 e. The van der Waals surface area contributed by atoms with Crippen LogP contribution >= 0.6 is 0 Å². The molecule has 23 heavy (non-hydrogen) atoms. The van der Waals surface area contributed by atoms with Gasteiger partial charge >= 0.3 is 80.8 Å². The van der Waals surface area contributed by atoms with Gasteiger partial charge in [-0.15, -0.1) is 0 Å². The molecule has 0 saturated heterocycles. The Morgan fingerprint density at radius 2 is 0.478 bits per heavy atom. The van der Waals surface area contributed by atoms with Gasteiger partial charge in [0.05, 0.1) is 0 Å². The van der Waals surface area contributed by atoms with Gasteiger partial charge in [-0.3, -0.25) is 0 Å². The molecule has 2 radical (unpaired) electrons. The van der Waals surface area contributed by atoms with Crippen LogP contribution in [-0.4, -0.2) is 36.9 Å². The van der Waals surface area contributed by atoms with E-state index in [4.69, 9.17) is 59.4 Å². The number of carboxylic acid groups (broad SMARTS) is 6. The van der Waals surface area contributed by atoms with Crippen molar-refractivity contribution in [3.63, 3.8) is 0 Å². The summed E-state index contributed by atoms with van der Waals surface area (Å²) in [5.41, 5.74) is 0. The van der Waals surface area contributed by atoms with Gasteiger partial charge in [-0.1, -0.05) is 0 Å². The molecular weight excluding hydrogens is 613 g/mol. The third-order valence-corrected chi connectivity index (χ3v) is 0.500. The number of rotatable bonds is 0. The number of hydrogen-bond acceptors (Lipinski definition) is 15. The van der Waals surface area contributed by atoms with Crippen molar-refractivity contribution in [2.24, 2.45) is 0 Å². The average Bonchev–Trinajstić information content (AvgIpc) is 2.10. The van der Waals surface area contributed by atoms with Gasteiger partial charge in [0.2, 0.25) is 0 Å². The second kappa shape index (κ2) is 20.9. The minimum atomic E-state index is -2.12. The predicted molar refractivity (Wildman–Crippen MR) is 35.6 cm³/mol. The molecule has 0 saturated carbocycles. The Morgan fingerprint density at radius 3 is 0.478 bits per heavy atom. The van der Waals surface area contributed by atoms with E-state index in [9.17, 15) is 0 Å². The monoisotopic (exact) mass is 616 g/mol. The number of carbonyl (C=O) groups is 6. The quantitative estimate of drug-likeness (QED) is 0.140. The first kappa shape index (κ1) is 33.5. The first-order valence-corrected chi connectivity index (χ1v) is 3.67. The Hall–Kier alpha value is -1.10. The van der Waals surface area contributed by atoms with Crippen molar-refractivity contribution in [1.29, 1.82) is 0 Å². The Labute approximate surface area is 189 Å². The van der Waals surface area contributed by atoms with Gasteiger partial charge in [-0.25, -0.2) is 0 Å². The van der Waals surface area contributed by atoms with E-state index in [1.54, 1.807) is 0 Å². The standard InChI is InChI=1S/3C2H2O5.2Sm/c3*3-1(4)7-2(5)6;;/h3*(H,3,4)(H,5,6);;/q;;;2*+3/p-6. The number of carbonyl (C=O) groups excluding carboxylic acids is 6. The van der Waals surface area contributed by atoms with E-state index in [0.29, 0.717) is 0 Å². The van der Waals surface area contributed by atoms with Crippen molar-refractivity contribution in [2.45, 2.75) is 0 Å². The van der Waals surface area contributed by atoms with Crippen LogP contribution in [0, 0.1) is 80.8 Å². The molecule has 0 aliphatic rings. The van der Waals surface area contributed by atoms with Crippen molar-refractivity contribution >= 4 is 36.9 Å². The minimum absolute atomic E-state index is 0. The molecule has 0 aliphatic heterocycles. The molecule has 0 spiro atoms. The summed E-state index contributed by atoms with van der Waals surface area (Å²) in [6.07, 6.45) is -12.7. The Bertz CT molecular complexity index is 318. The molecule has 0 N–H and O–H groups in total. The molecule has 0 rings (SSSR count). The van der Waals surface area contributed by atoms with Crippen LogP contribution in [0.25, 0.3) is 0 Å². The minimum Gasteiger partial charge on any atom is -0.483 e. The van der Waals surface area contributed by atoms with Gasteiger partial charge in [0.1, 0.15) is 0 Å². The van der Waals surface area contributed by atoms with Crippen molar-refractivity contribution in [1.82, 2.24) is 0 Å². The topological polar surface area (TPSA) is 268 Å². The van der Waals surface area contributed by atoms with Crippen LogP contribution < -0.4 is 30.6 Å². The molecule has 0 fully saturated rings. The van der Waals surface area contributed by atoms with Gasteiger partial charge in [-0.05, 0) is 0 Å². The van der Waals surface area contributed by atoms with E-state index >= 15 is 0 Å². The zero-order valence-corrected chi connectivity index (χ0v) is 15.2. The predicted octanol–water partition coefficient (Wildman–Crippen LogP) is -6.93. The second-order valence-corrected chi connectivity index (χ2v) is 1.81. The zero-order chi connectivity index (χ0) is 17.6. The van der Waals surface area contributed by atoms with E-state index < -0.39 is 36.9 Å². The van der Waals surface area contributed by atoms with E-state index in [1.165, 1.54) is 0 Å². The van der Waals surface area contributed by atoms with E-state index in [-0.39, 0.29) is 80.8 Å². The average molecular weight is 613 g/mol. The molecular formula is C6O15Sm2. The SMILES string of the molecule is O=C([O-])OC(=O)[O-].O=C([O-])OC(=O)[O-].O=C([O-])OC(=O)[O-].[Sm+3].[Sm+3]. The summed E-state index contributed by atoms with van der Waals surface area (Å²) < 4.78 is 8.58. The van der Waals surface area contributed by atoms with E-state index in [0.717, 1.165) is 0 Å². The van der Waals surface area contributed by atoms with Gasteiger partial charge in [0, 0.05) is 0 Å². The van der Waals surface area contributed by atoms with E-state index in [2.05, 4.69) is 14.2 Å². The third-order valence-electron chi connectivity index (χ3n) is 0.500. The Balaban J connectivity index is -0.0000000675. The van der Waals surface area contributed by atoms with Crippen LogP contribution in [0.3, 0.4) is 0 Å². The summed E-state index contributed by atoms with van der Waals surface area (Å²) in [6.45, 7) is 0. The summed E-state index contributed by atoms with van der Waals surface area (Å²) >= 11 is 0. The largest absolute Gasteiger partial charge is 3.00 e. The van der Waals surface area contributed by atoms with Crippen molar-refractivity contribution in [3.05, 3.63) is 0 Å². The van der Waals surface area contributed by atoms with Crippen LogP contribution in [0.1, 0.15) is 0 Å². The molecule has 17 heteroatoms. The molecule has 0 atom stereocenters. The molecule has 0 heterocycles. The summed E-state index contributed by atoms with van der Waals surface area (Å²) in [4.78, 5) is 54.3. The summed E-state index contributed by atoms with van der Waals surface area (Å²) in [5, 5.41) is 54.3. The van der Waals surface area contributed by atoms with Crippen LogP contribution in [-0.2, 0) is 14.2 Å². The molecule has 15 nitrogen and oxygen atoms in total. The maximum absolute atomic E-state index is 9.06. The normalized spacial score (nSPS) is 6.78. The molecule has 0 aliphatic carbocycles. The first-order chi connectivity index (χ1) is 9.38. The van der Waals surface area contributed by atoms with Crippen LogP contribution in [0.5, 0.6) is 0 Å². The molecule has 0 aromatic heterocycles. The fraction of sp³-hybridized carbons (Fsp3) is 0. The fourth-order valence-corrected chi connectivity index (χ4v) is 0.204. The number of ether oxygens (including phenoxy) is 3. The molecule has 0 unspecified atom stereocenters. The molecule has 0 amide bonds.